The molecule has 0 fully saturated rings. The van der Waals surface area contributed by atoms with Crippen molar-refractivity contribution in [3.05, 3.63) is 28.1 Å². The Hall–Kier alpha value is -1.27. The summed E-state index contributed by atoms with van der Waals surface area (Å²) in [7, 11) is 1.90. The normalized spacial score (nSPS) is 10.3. The summed E-state index contributed by atoms with van der Waals surface area (Å²) < 4.78 is 0. The lowest BCUT2D eigenvalue weighted by molar-refractivity contribution is 0.846. The number of anilines is 1. The van der Waals surface area contributed by atoms with Crippen LogP contribution in [-0.2, 0) is 6.54 Å². The Labute approximate surface area is 95.8 Å². The van der Waals surface area contributed by atoms with Crippen LogP contribution in [0.25, 0.3) is 0 Å². The average molecular weight is 242 g/mol. The van der Waals surface area contributed by atoms with Gasteiger partial charge < -0.3 is 4.90 Å². The first-order valence-electron chi connectivity index (χ1n) is 4.19. The van der Waals surface area contributed by atoms with E-state index in [1.807, 2.05) is 17.3 Å². The molecule has 2 aromatic rings. The van der Waals surface area contributed by atoms with Crippen LogP contribution in [-0.4, -0.2) is 27.2 Å². The van der Waals surface area contributed by atoms with E-state index in [4.69, 9.17) is 11.6 Å². The van der Waals surface area contributed by atoms with E-state index in [0.29, 0.717) is 12.4 Å². The van der Waals surface area contributed by atoms with Gasteiger partial charge in [-0.1, -0.05) is 0 Å². The second-order valence-corrected chi connectivity index (χ2v) is 3.98. The topological polar surface area (TPSA) is 54.8 Å². The van der Waals surface area contributed by atoms with Crippen molar-refractivity contribution in [1.29, 1.82) is 0 Å². The highest BCUT2D eigenvalue weighted by Crippen LogP contribution is 2.12. The van der Waals surface area contributed by atoms with E-state index in [-0.39, 0.29) is 5.28 Å². The summed E-state index contributed by atoms with van der Waals surface area (Å²) in [5.74, 6) is 0.683. The molecule has 0 aliphatic carbocycles. The third kappa shape index (κ3) is 2.60. The highest BCUT2D eigenvalue weighted by atomic mass is 35.5. The summed E-state index contributed by atoms with van der Waals surface area (Å²) in [6.07, 6.45) is 1.57. The first-order chi connectivity index (χ1) is 7.25. The Morgan fingerprint density at radius 2 is 2.40 bits per heavy atom. The fourth-order valence-corrected chi connectivity index (χ4v) is 1.78. The second-order valence-electron chi connectivity index (χ2n) is 2.92. The molecule has 0 unspecified atom stereocenters. The second kappa shape index (κ2) is 4.50. The third-order valence-electron chi connectivity index (χ3n) is 1.79. The van der Waals surface area contributed by atoms with Crippen molar-refractivity contribution in [1.82, 2.24) is 20.2 Å². The van der Waals surface area contributed by atoms with Crippen LogP contribution in [0.2, 0.25) is 5.28 Å². The zero-order valence-corrected chi connectivity index (χ0v) is 9.53. The van der Waals surface area contributed by atoms with Gasteiger partial charge in [0, 0.05) is 12.4 Å². The van der Waals surface area contributed by atoms with Gasteiger partial charge in [-0.15, -0.1) is 16.4 Å². The number of aromatic nitrogens is 4. The molecule has 2 aromatic heterocycles. The van der Waals surface area contributed by atoms with Gasteiger partial charge in [0.1, 0.15) is 0 Å². The predicted octanol–water partition coefficient (Wildman–Crippen LogP) is 1.62. The molecule has 5 nitrogen and oxygen atoms in total. The van der Waals surface area contributed by atoms with Crippen LogP contribution in [0, 0.1) is 0 Å². The van der Waals surface area contributed by atoms with E-state index < -0.39 is 0 Å². The SMILES string of the molecule is CN(Cc1cscn1)c1cnnc(Cl)n1. The first kappa shape index (κ1) is 10.3. The summed E-state index contributed by atoms with van der Waals surface area (Å²) in [6, 6.07) is 0. The van der Waals surface area contributed by atoms with Crippen molar-refractivity contribution in [2.75, 3.05) is 11.9 Å². The standard InChI is InChI=1S/C8H8ClN5S/c1-14(3-6-4-15-5-10-6)7-2-11-13-8(9)12-7/h2,4-5H,3H2,1H3. The molecule has 0 amide bonds. The maximum atomic E-state index is 5.65. The molecule has 0 N–H and O–H groups in total. The van der Waals surface area contributed by atoms with E-state index in [1.165, 1.54) is 0 Å². The van der Waals surface area contributed by atoms with E-state index >= 15 is 0 Å². The Morgan fingerprint density at radius 1 is 1.53 bits per heavy atom. The monoisotopic (exact) mass is 241 g/mol. The number of halogens is 1. The van der Waals surface area contributed by atoms with Crippen LogP contribution in [0.15, 0.2) is 17.1 Å². The molecule has 0 aromatic carbocycles. The maximum absolute atomic E-state index is 5.65. The number of hydrogen-bond donors (Lipinski definition) is 0. The molecule has 0 aliphatic heterocycles. The van der Waals surface area contributed by atoms with Gasteiger partial charge in [-0.25, -0.2) is 4.98 Å². The van der Waals surface area contributed by atoms with Crippen LogP contribution in [0.1, 0.15) is 5.69 Å². The zero-order valence-electron chi connectivity index (χ0n) is 7.96. The lowest BCUT2D eigenvalue weighted by atomic mass is 10.4. The van der Waals surface area contributed by atoms with Crippen LogP contribution in [0.4, 0.5) is 5.82 Å². The lowest BCUT2D eigenvalue weighted by Crippen LogP contribution is -2.18. The average Bonchev–Trinajstić information content (AvgIpc) is 2.70. The van der Waals surface area contributed by atoms with E-state index in [2.05, 4.69) is 20.2 Å². The number of thiazole rings is 1. The summed E-state index contributed by atoms with van der Waals surface area (Å²) in [4.78, 5) is 10.1. The summed E-state index contributed by atoms with van der Waals surface area (Å²) in [5.41, 5.74) is 2.80. The molecule has 0 saturated heterocycles. The molecule has 78 valence electrons. The van der Waals surface area contributed by atoms with Gasteiger partial charge in [-0.3, -0.25) is 0 Å². The fraction of sp³-hybridized carbons (Fsp3) is 0.250. The van der Waals surface area contributed by atoms with Gasteiger partial charge in [0.25, 0.3) is 0 Å². The van der Waals surface area contributed by atoms with Gasteiger partial charge in [-0.05, 0) is 11.6 Å². The molecule has 0 spiro atoms. The minimum Gasteiger partial charge on any atom is -0.352 e. The molecule has 7 heteroatoms. The van der Waals surface area contributed by atoms with Crippen LogP contribution in [0.3, 0.4) is 0 Å². The van der Waals surface area contributed by atoms with Gasteiger partial charge in [0.15, 0.2) is 5.82 Å². The number of nitrogens with zero attached hydrogens (tertiary/aromatic N) is 5. The molecular formula is C8H8ClN5S. The van der Waals surface area contributed by atoms with E-state index in [0.717, 1.165) is 5.69 Å². The van der Waals surface area contributed by atoms with Gasteiger partial charge in [0.05, 0.1) is 23.9 Å². The Kier molecular flexibility index (Phi) is 3.08. The smallest absolute Gasteiger partial charge is 0.244 e. The molecule has 0 saturated carbocycles. The minimum absolute atomic E-state index is 0.151. The number of rotatable bonds is 3. The highest BCUT2D eigenvalue weighted by Gasteiger charge is 2.06. The molecule has 2 rings (SSSR count). The Bertz CT molecular complexity index is 432. The molecule has 0 aliphatic rings. The Morgan fingerprint density at radius 3 is 3.07 bits per heavy atom. The summed E-state index contributed by atoms with van der Waals surface area (Å²) in [6.45, 7) is 0.679. The highest BCUT2D eigenvalue weighted by molar-refractivity contribution is 7.07. The quantitative estimate of drug-likeness (QED) is 0.817. The van der Waals surface area contributed by atoms with Crippen LogP contribution < -0.4 is 4.90 Å². The van der Waals surface area contributed by atoms with Crippen LogP contribution >= 0.6 is 22.9 Å². The molecular weight excluding hydrogens is 234 g/mol. The number of hydrogen-bond acceptors (Lipinski definition) is 6. The Balaban J connectivity index is 2.11. The summed E-state index contributed by atoms with van der Waals surface area (Å²) in [5, 5.41) is 9.46. The molecule has 0 atom stereocenters. The maximum Gasteiger partial charge on any atom is 0.244 e. The van der Waals surface area contributed by atoms with Gasteiger partial charge in [0.2, 0.25) is 5.28 Å². The van der Waals surface area contributed by atoms with Crippen molar-refractivity contribution in [2.24, 2.45) is 0 Å². The fourth-order valence-electron chi connectivity index (χ4n) is 1.10. The predicted molar refractivity (Wildman–Crippen MR) is 59.1 cm³/mol. The van der Waals surface area contributed by atoms with E-state index in [9.17, 15) is 0 Å². The van der Waals surface area contributed by atoms with E-state index in [1.54, 1.807) is 23.0 Å². The lowest BCUT2D eigenvalue weighted by Gasteiger charge is -2.15. The van der Waals surface area contributed by atoms with Crippen molar-refractivity contribution < 1.29 is 0 Å². The van der Waals surface area contributed by atoms with Crippen LogP contribution in [0.5, 0.6) is 0 Å². The van der Waals surface area contributed by atoms with Crippen molar-refractivity contribution in [3.8, 4) is 0 Å². The molecule has 2 heterocycles. The van der Waals surface area contributed by atoms with Gasteiger partial charge >= 0.3 is 0 Å². The molecule has 0 radical (unpaired) electrons. The minimum atomic E-state index is 0.151. The summed E-state index contributed by atoms with van der Waals surface area (Å²) >= 11 is 7.21. The molecule has 15 heavy (non-hydrogen) atoms. The van der Waals surface area contributed by atoms with Crippen molar-refractivity contribution >= 4 is 28.8 Å². The van der Waals surface area contributed by atoms with Gasteiger partial charge in [-0.2, -0.15) is 10.1 Å². The first-order valence-corrected chi connectivity index (χ1v) is 5.51. The third-order valence-corrected chi connectivity index (χ3v) is 2.59. The molecule has 0 bridgehead atoms. The van der Waals surface area contributed by atoms with Crippen molar-refractivity contribution in [3.63, 3.8) is 0 Å². The largest absolute Gasteiger partial charge is 0.352 e. The zero-order chi connectivity index (χ0) is 10.7. The van der Waals surface area contributed by atoms with Crippen molar-refractivity contribution in [2.45, 2.75) is 6.54 Å².